The lowest BCUT2D eigenvalue weighted by atomic mass is 9.95. The summed E-state index contributed by atoms with van der Waals surface area (Å²) in [6, 6.07) is 0.284. The van der Waals surface area contributed by atoms with Gasteiger partial charge in [0.05, 0.1) is 6.61 Å². The Balaban J connectivity index is 0.00000103. The SMILES string of the molecule is CC.CNC(=O)OC[C@H]1CC[C@@]2(CO)CCCN12.[HH]. The second-order valence-electron chi connectivity index (χ2n) is 4.72. The number of rotatable bonds is 3. The van der Waals surface area contributed by atoms with Crippen LogP contribution >= 0.6 is 0 Å². The monoisotopic (exact) mass is 260 g/mol. The number of nitrogens with zero attached hydrogens (tertiary/aromatic N) is 1. The Morgan fingerprint density at radius 3 is 2.89 bits per heavy atom. The van der Waals surface area contributed by atoms with E-state index in [-0.39, 0.29) is 25.7 Å². The third-order valence-electron chi connectivity index (χ3n) is 3.94. The minimum atomic E-state index is -0.374. The van der Waals surface area contributed by atoms with Gasteiger partial charge in [-0.15, -0.1) is 0 Å². The number of alkyl carbamates (subject to hydrolysis) is 1. The summed E-state index contributed by atoms with van der Waals surface area (Å²) in [6.07, 6.45) is 3.86. The van der Waals surface area contributed by atoms with E-state index in [1.54, 1.807) is 7.05 Å². The lowest BCUT2D eigenvalue weighted by molar-refractivity contribution is 0.0511. The van der Waals surface area contributed by atoms with Gasteiger partial charge in [0.2, 0.25) is 0 Å². The van der Waals surface area contributed by atoms with Gasteiger partial charge in [0, 0.05) is 20.1 Å². The summed E-state index contributed by atoms with van der Waals surface area (Å²) in [6.45, 7) is 5.67. The molecule has 0 unspecified atom stereocenters. The first-order chi connectivity index (χ1) is 8.72. The number of nitrogens with one attached hydrogen (secondary N) is 1. The Morgan fingerprint density at radius 1 is 1.56 bits per heavy atom. The van der Waals surface area contributed by atoms with Crippen LogP contribution in [0.1, 0.15) is 41.0 Å². The lowest BCUT2D eigenvalue weighted by Crippen LogP contribution is -2.46. The van der Waals surface area contributed by atoms with Crippen LogP contribution in [0.25, 0.3) is 0 Å². The molecule has 2 saturated heterocycles. The highest BCUT2D eigenvalue weighted by molar-refractivity contribution is 5.66. The number of ether oxygens (including phenoxy) is 1. The topological polar surface area (TPSA) is 61.8 Å². The normalized spacial score (nSPS) is 30.3. The summed E-state index contributed by atoms with van der Waals surface area (Å²) in [4.78, 5) is 13.3. The third-order valence-corrected chi connectivity index (χ3v) is 3.94. The zero-order valence-electron chi connectivity index (χ0n) is 11.7. The van der Waals surface area contributed by atoms with Crippen molar-refractivity contribution in [1.29, 1.82) is 0 Å². The van der Waals surface area contributed by atoms with E-state index in [4.69, 9.17) is 4.74 Å². The number of hydrogen-bond acceptors (Lipinski definition) is 4. The fourth-order valence-electron chi connectivity index (χ4n) is 3.06. The first-order valence-electron chi connectivity index (χ1n) is 6.94. The molecule has 0 aromatic carbocycles. The Kier molecular flexibility index (Phi) is 5.88. The fraction of sp³-hybridized carbons (Fsp3) is 0.923. The van der Waals surface area contributed by atoms with Crippen molar-refractivity contribution in [3.63, 3.8) is 0 Å². The van der Waals surface area contributed by atoms with E-state index in [9.17, 15) is 9.90 Å². The highest BCUT2D eigenvalue weighted by atomic mass is 16.5. The Bertz CT molecular complexity index is 279. The molecule has 0 aliphatic carbocycles. The Labute approximate surface area is 111 Å². The van der Waals surface area contributed by atoms with E-state index in [2.05, 4.69) is 10.2 Å². The summed E-state index contributed by atoms with van der Waals surface area (Å²) in [5, 5.41) is 11.9. The minimum absolute atomic E-state index is 0. The molecule has 0 bridgehead atoms. The smallest absolute Gasteiger partial charge is 0.406 e. The molecular weight excluding hydrogens is 232 g/mol. The van der Waals surface area contributed by atoms with Crippen molar-refractivity contribution in [2.45, 2.75) is 51.1 Å². The van der Waals surface area contributed by atoms with Gasteiger partial charge in [-0.2, -0.15) is 0 Å². The van der Waals surface area contributed by atoms with Gasteiger partial charge in [-0.3, -0.25) is 4.90 Å². The molecule has 2 fully saturated rings. The molecule has 1 amide bonds. The molecule has 0 spiro atoms. The van der Waals surface area contributed by atoms with Crippen LogP contribution in [-0.2, 0) is 4.74 Å². The molecule has 2 atom stereocenters. The van der Waals surface area contributed by atoms with Crippen LogP contribution < -0.4 is 5.32 Å². The zero-order valence-corrected chi connectivity index (χ0v) is 11.7. The van der Waals surface area contributed by atoms with Gasteiger partial charge in [0.25, 0.3) is 0 Å². The maximum atomic E-state index is 11.0. The van der Waals surface area contributed by atoms with Crippen molar-refractivity contribution in [1.82, 2.24) is 10.2 Å². The van der Waals surface area contributed by atoms with Crippen molar-refractivity contribution in [2.75, 3.05) is 26.8 Å². The van der Waals surface area contributed by atoms with Crippen molar-refractivity contribution < 1.29 is 16.1 Å². The predicted octanol–water partition coefficient (Wildman–Crippen LogP) is 1.60. The molecule has 108 valence electrons. The average Bonchev–Trinajstić information content (AvgIpc) is 2.97. The molecule has 0 saturated carbocycles. The number of carbonyl (C=O) groups is 1. The standard InChI is InChI=1S/C11H20N2O3.C2H6.H2/c1-12-10(15)16-7-9-3-5-11(8-14)4-2-6-13(9)11;1-2;/h9,14H,2-8H2,1H3,(H,12,15);1-2H3;1H/t9-,11-;;/m1../s1. The summed E-state index contributed by atoms with van der Waals surface area (Å²) in [5.74, 6) is 0. The van der Waals surface area contributed by atoms with Crippen LogP contribution in [0.3, 0.4) is 0 Å². The van der Waals surface area contributed by atoms with E-state index < -0.39 is 0 Å². The molecule has 5 heteroatoms. The van der Waals surface area contributed by atoms with E-state index in [0.717, 1.165) is 32.2 Å². The third kappa shape index (κ3) is 2.95. The Morgan fingerprint density at radius 2 is 2.28 bits per heavy atom. The van der Waals surface area contributed by atoms with Crippen molar-refractivity contribution in [3.05, 3.63) is 0 Å². The molecule has 0 aromatic rings. The molecule has 0 radical (unpaired) electrons. The highest BCUT2D eigenvalue weighted by Crippen LogP contribution is 2.41. The van der Waals surface area contributed by atoms with E-state index in [0.29, 0.717) is 6.61 Å². The molecule has 2 rings (SSSR count). The number of amides is 1. The van der Waals surface area contributed by atoms with Gasteiger partial charge < -0.3 is 15.2 Å². The van der Waals surface area contributed by atoms with Crippen LogP contribution in [0.2, 0.25) is 0 Å². The van der Waals surface area contributed by atoms with Gasteiger partial charge >= 0.3 is 6.09 Å². The number of carbonyl (C=O) groups excluding carboxylic acids is 1. The van der Waals surface area contributed by atoms with Gasteiger partial charge in [0.1, 0.15) is 6.61 Å². The van der Waals surface area contributed by atoms with E-state index >= 15 is 0 Å². The maximum Gasteiger partial charge on any atom is 0.406 e. The number of fused-ring (bicyclic) bond motifs is 1. The maximum absolute atomic E-state index is 11.0. The molecule has 0 aromatic heterocycles. The van der Waals surface area contributed by atoms with Crippen LogP contribution in [0.5, 0.6) is 0 Å². The summed E-state index contributed by atoms with van der Waals surface area (Å²) >= 11 is 0. The number of aliphatic hydroxyl groups excluding tert-OH is 1. The summed E-state index contributed by atoms with van der Waals surface area (Å²) in [7, 11) is 1.56. The molecule has 5 nitrogen and oxygen atoms in total. The summed E-state index contributed by atoms with van der Waals surface area (Å²) in [5.41, 5.74) is -0.0171. The van der Waals surface area contributed by atoms with Gasteiger partial charge in [-0.1, -0.05) is 13.8 Å². The van der Waals surface area contributed by atoms with E-state index in [1.807, 2.05) is 13.8 Å². The largest absolute Gasteiger partial charge is 0.448 e. The van der Waals surface area contributed by atoms with Crippen molar-refractivity contribution >= 4 is 6.09 Å². The molecule has 2 N–H and O–H groups in total. The average molecular weight is 260 g/mol. The molecule has 2 aliphatic rings. The lowest BCUT2D eigenvalue weighted by Gasteiger charge is -2.33. The van der Waals surface area contributed by atoms with Crippen molar-refractivity contribution in [3.8, 4) is 0 Å². The first kappa shape index (κ1) is 15.2. The quantitative estimate of drug-likeness (QED) is 0.809. The zero-order chi connectivity index (χ0) is 13.6. The van der Waals surface area contributed by atoms with Gasteiger partial charge in [0.15, 0.2) is 0 Å². The predicted molar refractivity (Wildman–Crippen MR) is 72.6 cm³/mol. The molecule has 18 heavy (non-hydrogen) atoms. The highest BCUT2D eigenvalue weighted by Gasteiger charge is 2.48. The van der Waals surface area contributed by atoms with Crippen LogP contribution in [0.4, 0.5) is 4.79 Å². The second kappa shape index (κ2) is 6.95. The fourth-order valence-corrected chi connectivity index (χ4v) is 3.06. The van der Waals surface area contributed by atoms with Crippen molar-refractivity contribution in [2.24, 2.45) is 0 Å². The van der Waals surface area contributed by atoms with Gasteiger partial charge in [-0.05, 0) is 32.2 Å². The minimum Gasteiger partial charge on any atom is -0.448 e. The number of hydrogen-bond donors (Lipinski definition) is 2. The van der Waals surface area contributed by atoms with E-state index in [1.165, 1.54) is 0 Å². The Hall–Kier alpha value is -0.810. The molecular formula is C13H28N2O3. The molecule has 2 heterocycles. The van der Waals surface area contributed by atoms with Crippen LogP contribution in [0, 0.1) is 0 Å². The first-order valence-corrected chi connectivity index (χ1v) is 6.94. The molecule has 2 aliphatic heterocycles. The second-order valence-corrected chi connectivity index (χ2v) is 4.72. The number of aliphatic hydroxyl groups is 1. The van der Waals surface area contributed by atoms with Crippen LogP contribution in [0.15, 0.2) is 0 Å². The van der Waals surface area contributed by atoms with Gasteiger partial charge in [-0.25, -0.2) is 4.79 Å². The summed E-state index contributed by atoms with van der Waals surface area (Å²) < 4.78 is 5.10. The van der Waals surface area contributed by atoms with Crippen LogP contribution in [-0.4, -0.2) is 54.5 Å².